The lowest BCUT2D eigenvalue weighted by Crippen LogP contribution is -2.21. The van der Waals surface area contributed by atoms with Gasteiger partial charge in [0.25, 0.3) is 0 Å². The summed E-state index contributed by atoms with van der Waals surface area (Å²) in [6.07, 6.45) is -0.0945. The van der Waals surface area contributed by atoms with Crippen LogP contribution in [0.3, 0.4) is 0 Å². The van der Waals surface area contributed by atoms with Gasteiger partial charge in [-0.25, -0.2) is 4.39 Å². The van der Waals surface area contributed by atoms with Gasteiger partial charge in [0.1, 0.15) is 0 Å². The van der Waals surface area contributed by atoms with Crippen LogP contribution >= 0.6 is 0 Å². The maximum atomic E-state index is 13.3. The Morgan fingerprint density at radius 2 is 2.00 bits per heavy atom. The number of nitrogens with two attached hydrogens (primary N) is 1. The first-order chi connectivity index (χ1) is 8.79. The molecule has 0 heterocycles. The summed E-state index contributed by atoms with van der Waals surface area (Å²) < 4.78 is 41.6. The van der Waals surface area contributed by atoms with E-state index in [2.05, 4.69) is 10.1 Å². The molecule has 0 amide bonds. The minimum absolute atomic E-state index is 0.0801. The lowest BCUT2D eigenvalue weighted by molar-refractivity contribution is -0.0521. The van der Waals surface area contributed by atoms with Crippen molar-refractivity contribution in [3.05, 3.63) is 17.9 Å². The van der Waals surface area contributed by atoms with Crippen LogP contribution in [0.15, 0.2) is 12.1 Å². The van der Waals surface area contributed by atoms with Crippen molar-refractivity contribution in [2.45, 2.75) is 39.0 Å². The molecular weight excluding hydrogens is 261 g/mol. The van der Waals surface area contributed by atoms with E-state index in [1.165, 1.54) is 0 Å². The third kappa shape index (κ3) is 4.86. The Bertz CT molecular complexity index is 428. The number of alkyl halides is 2. The second-order valence-electron chi connectivity index (χ2n) is 4.38. The molecule has 4 nitrogen and oxygen atoms in total. The number of nitrogens with one attached hydrogen (secondary N) is 1. The summed E-state index contributed by atoms with van der Waals surface area (Å²) in [4.78, 5) is 0. The van der Waals surface area contributed by atoms with Crippen LogP contribution in [0.2, 0.25) is 0 Å². The van der Waals surface area contributed by atoms with Gasteiger partial charge in [-0.3, -0.25) is 0 Å². The molecule has 0 radical (unpaired) electrons. The van der Waals surface area contributed by atoms with Crippen molar-refractivity contribution >= 4 is 11.4 Å². The fraction of sp³-hybridized carbons (Fsp3) is 0.500. The molecule has 2 atom stereocenters. The molecule has 0 aliphatic heterocycles. The number of aliphatic hydroxyl groups excluding tert-OH is 1. The molecule has 0 aliphatic rings. The van der Waals surface area contributed by atoms with Gasteiger partial charge in [0.15, 0.2) is 11.6 Å². The molecule has 2 unspecified atom stereocenters. The predicted molar refractivity (Wildman–Crippen MR) is 66.8 cm³/mol. The molecule has 0 saturated carbocycles. The third-order valence-corrected chi connectivity index (χ3v) is 2.42. The molecule has 0 bridgehead atoms. The van der Waals surface area contributed by atoms with Crippen molar-refractivity contribution in [2.24, 2.45) is 0 Å². The lowest BCUT2D eigenvalue weighted by Gasteiger charge is -2.19. The second kappa shape index (κ2) is 6.51. The highest BCUT2D eigenvalue weighted by atomic mass is 19.3. The van der Waals surface area contributed by atoms with Crippen molar-refractivity contribution in [1.29, 1.82) is 0 Å². The van der Waals surface area contributed by atoms with Gasteiger partial charge in [0, 0.05) is 18.2 Å². The van der Waals surface area contributed by atoms with Crippen molar-refractivity contribution < 1.29 is 23.0 Å². The Morgan fingerprint density at radius 1 is 1.37 bits per heavy atom. The van der Waals surface area contributed by atoms with Gasteiger partial charge >= 0.3 is 6.61 Å². The maximum Gasteiger partial charge on any atom is 0.387 e. The van der Waals surface area contributed by atoms with E-state index in [0.717, 1.165) is 12.1 Å². The lowest BCUT2D eigenvalue weighted by atomic mass is 10.1. The van der Waals surface area contributed by atoms with E-state index < -0.39 is 24.3 Å². The molecule has 4 N–H and O–H groups in total. The number of halogens is 3. The quantitative estimate of drug-likeness (QED) is 0.700. The van der Waals surface area contributed by atoms with Crippen molar-refractivity contribution in [2.75, 3.05) is 11.1 Å². The summed E-state index contributed by atoms with van der Waals surface area (Å²) in [6, 6.07) is 1.83. The van der Waals surface area contributed by atoms with Gasteiger partial charge < -0.3 is 20.9 Å². The minimum atomic E-state index is -3.11. The second-order valence-corrected chi connectivity index (χ2v) is 4.38. The number of ether oxygens (including phenoxy) is 1. The Labute approximate surface area is 109 Å². The zero-order chi connectivity index (χ0) is 14.6. The van der Waals surface area contributed by atoms with Crippen LogP contribution < -0.4 is 15.8 Å². The minimum Gasteiger partial charge on any atom is -0.432 e. The number of aliphatic hydroxyl groups is 1. The molecule has 19 heavy (non-hydrogen) atoms. The zero-order valence-corrected chi connectivity index (χ0v) is 10.7. The van der Waals surface area contributed by atoms with E-state index in [0.29, 0.717) is 6.42 Å². The summed E-state index contributed by atoms with van der Waals surface area (Å²) in [5.74, 6) is -1.53. The number of anilines is 2. The van der Waals surface area contributed by atoms with E-state index in [-0.39, 0.29) is 17.4 Å². The van der Waals surface area contributed by atoms with E-state index in [9.17, 15) is 18.3 Å². The van der Waals surface area contributed by atoms with Crippen molar-refractivity contribution in [3.63, 3.8) is 0 Å². The molecule has 0 aromatic heterocycles. The van der Waals surface area contributed by atoms with Gasteiger partial charge in [0.05, 0.1) is 17.5 Å². The summed E-state index contributed by atoms with van der Waals surface area (Å²) in [5.41, 5.74) is 5.95. The number of hydrogen-bond donors (Lipinski definition) is 3. The van der Waals surface area contributed by atoms with Gasteiger partial charge in [-0.05, 0) is 20.3 Å². The Balaban J connectivity index is 2.88. The number of benzene rings is 1. The molecular formula is C12H17F3N2O2. The monoisotopic (exact) mass is 278 g/mol. The molecule has 108 valence electrons. The predicted octanol–water partition coefficient (Wildman–Crippen LogP) is 2.58. The highest BCUT2D eigenvalue weighted by Crippen LogP contribution is 2.30. The maximum absolute atomic E-state index is 13.3. The van der Waals surface area contributed by atoms with Crippen molar-refractivity contribution in [1.82, 2.24) is 0 Å². The van der Waals surface area contributed by atoms with Crippen LogP contribution in [-0.4, -0.2) is 23.9 Å². The average molecular weight is 278 g/mol. The smallest absolute Gasteiger partial charge is 0.387 e. The van der Waals surface area contributed by atoms with E-state index in [4.69, 9.17) is 5.73 Å². The molecule has 1 rings (SSSR count). The van der Waals surface area contributed by atoms with Crippen LogP contribution in [0.1, 0.15) is 20.3 Å². The van der Waals surface area contributed by atoms with Crippen LogP contribution in [0, 0.1) is 5.82 Å². The van der Waals surface area contributed by atoms with E-state index in [1.807, 2.05) is 0 Å². The SMILES string of the molecule is CC(O)CC(C)Nc1cc(OC(F)F)c(F)cc1N. The first-order valence-electron chi connectivity index (χ1n) is 5.78. The molecule has 1 aromatic carbocycles. The Hall–Kier alpha value is -1.63. The van der Waals surface area contributed by atoms with Crippen LogP contribution in [0.5, 0.6) is 5.75 Å². The highest BCUT2D eigenvalue weighted by molar-refractivity contribution is 5.68. The van der Waals surface area contributed by atoms with Crippen molar-refractivity contribution in [3.8, 4) is 5.75 Å². The van der Waals surface area contributed by atoms with Gasteiger partial charge in [-0.15, -0.1) is 0 Å². The van der Waals surface area contributed by atoms with E-state index in [1.54, 1.807) is 13.8 Å². The first-order valence-corrected chi connectivity index (χ1v) is 5.78. The first kappa shape index (κ1) is 15.4. The van der Waals surface area contributed by atoms with Gasteiger partial charge in [-0.2, -0.15) is 8.78 Å². The zero-order valence-electron chi connectivity index (χ0n) is 10.7. The normalized spacial score (nSPS) is 14.3. The average Bonchev–Trinajstić information content (AvgIpc) is 2.23. The molecule has 1 aromatic rings. The van der Waals surface area contributed by atoms with Gasteiger partial charge in [-0.1, -0.05) is 0 Å². The van der Waals surface area contributed by atoms with Crippen LogP contribution in [0.4, 0.5) is 24.5 Å². The molecule has 0 fully saturated rings. The molecule has 0 saturated heterocycles. The number of hydrogen-bond acceptors (Lipinski definition) is 4. The summed E-state index contributed by atoms with van der Waals surface area (Å²) in [6.45, 7) is 0.293. The topological polar surface area (TPSA) is 67.5 Å². The molecule has 0 spiro atoms. The third-order valence-electron chi connectivity index (χ3n) is 2.42. The summed E-state index contributed by atoms with van der Waals surface area (Å²) >= 11 is 0. The van der Waals surface area contributed by atoms with Crippen LogP contribution in [0.25, 0.3) is 0 Å². The summed E-state index contributed by atoms with van der Waals surface area (Å²) in [5, 5.41) is 12.1. The largest absolute Gasteiger partial charge is 0.432 e. The Kier molecular flexibility index (Phi) is 5.29. The molecule has 7 heteroatoms. The van der Waals surface area contributed by atoms with Gasteiger partial charge in [0.2, 0.25) is 0 Å². The molecule has 0 aliphatic carbocycles. The fourth-order valence-corrected chi connectivity index (χ4v) is 1.72. The number of rotatable bonds is 6. The van der Waals surface area contributed by atoms with E-state index >= 15 is 0 Å². The Morgan fingerprint density at radius 3 is 2.53 bits per heavy atom. The van der Waals surface area contributed by atoms with Crippen LogP contribution in [-0.2, 0) is 0 Å². The highest BCUT2D eigenvalue weighted by Gasteiger charge is 2.15. The number of nitrogen functional groups attached to an aromatic ring is 1. The fourth-order valence-electron chi connectivity index (χ4n) is 1.72. The summed E-state index contributed by atoms with van der Waals surface area (Å²) in [7, 11) is 0. The standard InChI is InChI=1S/C12H17F3N2O2/c1-6(3-7(2)18)17-10-5-11(19-12(14)15)8(13)4-9(10)16/h4-7,12,17-18H,3,16H2,1-2H3.